The van der Waals surface area contributed by atoms with Gasteiger partial charge in [0, 0.05) is 36.1 Å². The van der Waals surface area contributed by atoms with Gasteiger partial charge < -0.3 is 15.1 Å². The Morgan fingerprint density at radius 2 is 1.76 bits per heavy atom. The van der Waals surface area contributed by atoms with Crippen LogP contribution >= 0.6 is 0 Å². The Labute approximate surface area is 216 Å². The Morgan fingerprint density at radius 1 is 0.973 bits per heavy atom. The molecule has 0 spiro atoms. The lowest BCUT2D eigenvalue weighted by Gasteiger charge is -2.37. The molecule has 1 fully saturated rings. The van der Waals surface area contributed by atoms with Crippen molar-refractivity contribution in [3.8, 4) is 17.4 Å². The van der Waals surface area contributed by atoms with E-state index in [1.54, 1.807) is 18.5 Å². The summed E-state index contributed by atoms with van der Waals surface area (Å²) in [4.78, 5) is 19.8. The van der Waals surface area contributed by atoms with Crippen LogP contribution in [0.2, 0.25) is 0 Å². The number of benzene rings is 2. The molecule has 0 unspecified atom stereocenters. The van der Waals surface area contributed by atoms with E-state index in [0.717, 1.165) is 54.1 Å². The van der Waals surface area contributed by atoms with E-state index in [0.29, 0.717) is 12.1 Å². The molecular formula is C30H29N5O2. The van der Waals surface area contributed by atoms with E-state index in [-0.39, 0.29) is 18.1 Å². The Morgan fingerprint density at radius 3 is 2.41 bits per heavy atom. The summed E-state index contributed by atoms with van der Waals surface area (Å²) in [5.74, 6) is 1.57. The van der Waals surface area contributed by atoms with Crippen molar-refractivity contribution in [2.45, 2.75) is 44.3 Å². The summed E-state index contributed by atoms with van der Waals surface area (Å²) in [6.45, 7) is 0.474. The third-order valence-corrected chi connectivity index (χ3v) is 6.76. The van der Waals surface area contributed by atoms with Gasteiger partial charge in [0.15, 0.2) is 0 Å². The van der Waals surface area contributed by atoms with Crippen LogP contribution in [0.25, 0.3) is 11.3 Å². The van der Waals surface area contributed by atoms with Crippen LogP contribution in [0.1, 0.15) is 36.8 Å². The number of anilines is 2. The SMILES string of the molecule is N#Cc1ccc(NC2CCC(N(C(=O)NCc3ccccc3)c3ccc(-c4ccco4)cc3)CC2)nc1. The first kappa shape index (κ1) is 24.1. The van der Waals surface area contributed by atoms with Crippen LogP contribution in [0.3, 0.4) is 0 Å². The number of nitrogens with one attached hydrogen (secondary N) is 2. The van der Waals surface area contributed by atoms with E-state index in [1.165, 1.54) is 0 Å². The van der Waals surface area contributed by atoms with Crippen LogP contribution in [0, 0.1) is 11.3 Å². The molecule has 0 atom stereocenters. The summed E-state index contributed by atoms with van der Waals surface area (Å²) < 4.78 is 5.52. The minimum Gasteiger partial charge on any atom is -0.464 e. The van der Waals surface area contributed by atoms with E-state index < -0.39 is 0 Å². The number of nitrogens with zero attached hydrogens (tertiary/aromatic N) is 3. The molecule has 7 nitrogen and oxygen atoms in total. The molecule has 5 rings (SSSR count). The van der Waals surface area contributed by atoms with Crippen LogP contribution < -0.4 is 15.5 Å². The second-order valence-corrected chi connectivity index (χ2v) is 9.23. The maximum absolute atomic E-state index is 13.5. The second kappa shape index (κ2) is 11.4. The molecule has 2 heterocycles. The fourth-order valence-electron chi connectivity index (χ4n) is 4.81. The average molecular weight is 492 g/mol. The number of furan rings is 1. The normalized spacial score (nSPS) is 16.9. The summed E-state index contributed by atoms with van der Waals surface area (Å²) in [6.07, 6.45) is 6.81. The van der Waals surface area contributed by atoms with Crippen molar-refractivity contribution >= 4 is 17.5 Å². The molecule has 186 valence electrons. The van der Waals surface area contributed by atoms with Crippen LogP contribution in [0.5, 0.6) is 0 Å². The summed E-state index contributed by atoms with van der Waals surface area (Å²) in [5.41, 5.74) is 3.45. The fraction of sp³-hybridized carbons (Fsp3) is 0.233. The predicted octanol–water partition coefficient (Wildman–Crippen LogP) is 6.35. The number of urea groups is 1. The minimum atomic E-state index is -0.0974. The van der Waals surface area contributed by atoms with E-state index in [4.69, 9.17) is 9.68 Å². The van der Waals surface area contributed by atoms with Crippen molar-refractivity contribution < 1.29 is 9.21 Å². The molecule has 2 N–H and O–H groups in total. The monoisotopic (exact) mass is 491 g/mol. The maximum Gasteiger partial charge on any atom is 0.322 e. The van der Waals surface area contributed by atoms with Crippen LogP contribution in [-0.2, 0) is 6.54 Å². The second-order valence-electron chi connectivity index (χ2n) is 9.23. The van der Waals surface area contributed by atoms with Gasteiger partial charge in [0.2, 0.25) is 0 Å². The Hall–Kier alpha value is -4.57. The quantitative estimate of drug-likeness (QED) is 0.314. The molecule has 37 heavy (non-hydrogen) atoms. The van der Waals surface area contributed by atoms with Gasteiger partial charge in [0.25, 0.3) is 0 Å². The van der Waals surface area contributed by atoms with Crippen molar-refractivity contribution in [1.82, 2.24) is 10.3 Å². The summed E-state index contributed by atoms with van der Waals surface area (Å²) in [7, 11) is 0. The highest BCUT2D eigenvalue weighted by Crippen LogP contribution is 2.31. The van der Waals surface area contributed by atoms with Crippen molar-refractivity contribution in [3.05, 3.63) is 102 Å². The van der Waals surface area contributed by atoms with Crippen molar-refractivity contribution in [2.75, 3.05) is 10.2 Å². The van der Waals surface area contributed by atoms with Gasteiger partial charge in [0.05, 0.1) is 11.8 Å². The van der Waals surface area contributed by atoms with Gasteiger partial charge in [-0.3, -0.25) is 4.90 Å². The van der Waals surface area contributed by atoms with Crippen molar-refractivity contribution in [2.24, 2.45) is 0 Å². The topological polar surface area (TPSA) is 94.2 Å². The highest BCUT2D eigenvalue weighted by molar-refractivity contribution is 5.93. The molecule has 0 aliphatic heterocycles. The Balaban J connectivity index is 1.28. The van der Waals surface area contributed by atoms with E-state index in [1.807, 2.05) is 77.7 Å². The largest absolute Gasteiger partial charge is 0.464 e. The van der Waals surface area contributed by atoms with Crippen LogP contribution in [-0.4, -0.2) is 23.1 Å². The summed E-state index contributed by atoms with van der Waals surface area (Å²) in [5, 5.41) is 15.6. The molecule has 2 aromatic carbocycles. The van der Waals surface area contributed by atoms with Gasteiger partial charge in [0.1, 0.15) is 17.6 Å². The molecule has 0 radical (unpaired) electrons. The van der Waals surface area contributed by atoms with Gasteiger partial charge in [-0.05, 0) is 79.8 Å². The molecule has 1 saturated carbocycles. The van der Waals surface area contributed by atoms with E-state index in [9.17, 15) is 4.79 Å². The summed E-state index contributed by atoms with van der Waals surface area (Å²) >= 11 is 0. The van der Waals surface area contributed by atoms with E-state index in [2.05, 4.69) is 21.7 Å². The first-order valence-corrected chi connectivity index (χ1v) is 12.6. The summed E-state index contributed by atoms with van der Waals surface area (Å²) in [6, 6.07) is 27.7. The standard InChI is InChI=1S/C30H29N5O2/c31-19-23-8-17-29(32-21-23)34-25-11-15-27(16-12-25)35(30(36)33-20-22-5-2-1-3-6-22)26-13-9-24(10-14-26)28-7-4-18-37-28/h1-10,13-14,17-18,21,25,27H,11-12,15-16,20H2,(H,32,34)(H,33,36). The number of nitriles is 1. The zero-order valence-corrected chi connectivity index (χ0v) is 20.5. The average Bonchev–Trinajstić information content (AvgIpc) is 3.50. The fourth-order valence-corrected chi connectivity index (χ4v) is 4.81. The van der Waals surface area contributed by atoms with E-state index >= 15 is 0 Å². The first-order valence-electron chi connectivity index (χ1n) is 12.6. The maximum atomic E-state index is 13.5. The van der Waals surface area contributed by atoms with Crippen molar-refractivity contribution in [3.63, 3.8) is 0 Å². The number of carbonyl (C=O) groups is 1. The van der Waals surface area contributed by atoms with Gasteiger partial charge >= 0.3 is 6.03 Å². The number of pyridine rings is 1. The number of hydrogen-bond acceptors (Lipinski definition) is 5. The van der Waals surface area contributed by atoms with Gasteiger partial charge in [-0.2, -0.15) is 5.26 Å². The van der Waals surface area contributed by atoms with Crippen LogP contribution in [0.15, 0.2) is 95.7 Å². The lowest BCUT2D eigenvalue weighted by Crippen LogP contribution is -2.48. The zero-order chi connectivity index (χ0) is 25.5. The minimum absolute atomic E-state index is 0.0808. The number of hydrogen-bond donors (Lipinski definition) is 2. The Bertz CT molecular complexity index is 1320. The Kier molecular flexibility index (Phi) is 7.47. The van der Waals surface area contributed by atoms with Crippen LogP contribution in [0.4, 0.5) is 16.3 Å². The third-order valence-electron chi connectivity index (χ3n) is 6.76. The molecule has 0 bridgehead atoms. The molecule has 4 aromatic rings. The highest BCUT2D eigenvalue weighted by atomic mass is 16.3. The molecule has 2 aromatic heterocycles. The van der Waals surface area contributed by atoms with Gasteiger partial charge in [-0.25, -0.2) is 9.78 Å². The number of carbonyl (C=O) groups excluding carboxylic acids is 1. The lowest BCUT2D eigenvalue weighted by molar-refractivity contribution is 0.240. The first-order chi connectivity index (χ1) is 18.2. The number of aromatic nitrogens is 1. The van der Waals surface area contributed by atoms with Gasteiger partial charge in [-0.1, -0.05) is 30.3 Å². The molecule has 1 aliphatic carbocycles. The highest BCUT2D eigenvalue weighted by Gasteiger charge is 2.30. The molecule has 0 saturated heterocycles. The predicted molar refractivity (Wildman–Crippen MR) is 144 cm³/mol. The third kappa shape index (κ3) is 5.99. The zero-order valence-electron chi connectivity index (χ0n) is 20.5. The smallest absolute Gasteiger partial charge is 0.322 e. The molecule has 2 amide bonds. The molecule has 7 heteroatoms. The molecule has 1 aliphatic rings. The molecular weight excluding hydrogens is 462 g/mol. The van der Waals surface area contributed by atoms with Gasteiger partial charge in [-0.15, -0.1) is 0 Å². The number of rotatable bonds is 7. The number of amides is 2. The lowest BCUT2D eigenvalue weighted by atomic mass is 9.89. The van der Waals surface area contributed by atoms with Crippen molar-refractivity contribution in [1.29, 1.82) is 5.26 Å².